The summed E-state index contributed by atoms with van der Waals surface area (Å²) in [5.41, 5.74) is 1.94. The summed E-state index contributed by atoms with van der Waals surface area (Å²) in [5.74, 6) is -0.117. The van der Waals surface area contributed by atoms with Gasteiger partial charge in [0.15, 0.2) is 0 Å². The van der Waals surface area contributed by atoms with Crippen LogP contribution in [0, 0.1) is 0 Å². The maximum Gasteiger partial charge on any atom is 0.244 e. The molecule has 2 saturated heterocycles. The van der Waals surface area contributed by atoms with Gasteiger partial charge in [0.05, 0.1) is 11.6 Å². The fourth-order valence-corrected chi connectivity index (χ4v) is 6.24. The van der Waals surface area contributed by atoms with Gasteiger partial charge in [0, 0.05) is 55.7 Å². The molecule has 2 aromatic rings. The number of nitrogens with one attached hydrogen (secondary N) is 1. The molecule has 7 nitrogen and oxygen atoms in total. The van der Waals surface area contributed by atoms with Gasteiger partial charge >= 0.3 is 0 Å². The van der Waals surface area contributed by atoms with Crippen LogP contribution in [0.25, 0.3) is 0 Å². The Morgan fingerprint density at radius 1 is 0.906 bits per heavy atom. The second-order valence-corrected chi connectivity index (χ2v) is 10.8. The molecule has 0 aromatic heterocycles. The van der Waals surface area contributed by atoms with E-state index in [1.54, 1.807) is 6.07 Å². The van der Waals surface area contributed by atoms with Crippen LogP contribution in [-0.4, -0.2) is 69.3 Å². The molecule has 2 fully saturated rings. The number of sulfonamides is 1. The molecule has 0 aliphatic carbocycles. The molecule has 2 aliphatic rings. The molecule has 2 aliphatic heterocycles. The van der Waals surface area contributed by atoms with Crippen LogP contribution in [0.1, 0.15) is 12.8 Å². The Morgan fingerprint density at radius 2 is 1.56 bits per heavy atom. The summed E-state index contributed by atoms with van der Waals surface area (Å²) >= 11 is 12.0. The Morgan fingerprint density at radius 3 is 2.22 bits per heavy atom. The normalized spacial score (nSPS) is 18.1. The van der Waals surface area contributed by atoms with E-state index >= 15 is 0 Å². The maximum atomic E-state index is 12.9. The number of carbonyl (C=O) groups excluding carboxylic acids is 1. The molecule has 0 spiro atoms. The summed E-state index contributed by atoms with van der Waals surface area (Å²) in [6, 6.07) is 12.3. The highest BCUT2D eigenvalue weighted by Gasteiger charge is 2.30. The van der Waals surface area contributed by atoms with Gasteiger partial charge in [0.25, 0.3) is 0 Å². The number of amides is 1. The molecule has 2 heterocycles. The number of nitrogens with zero attached hydrogens (tertiary/aromatic N) is 3. The molecule has 10 heteroatoms. The molecular formula is C22H26Cl2N4O3S. The van der Waals surface area contributed by atoms with E-state index in [1.807, 2.05) is 29.2 Å². The highest BCUT2D eigenvalue weighted by Crippen LogP contribution is 2.28. The quantitative estimate of drug-likeness (QED) is 0.661. The van der Waals surface area contributed by atoms with Crippen LogP contribution in [0.4, 0.5) is 11.4 Å². The lowest BCUT2D eigenvalue weighted by Crippen LogP contribution is -2.50. The minimum atomic E-state index is -3.74. The Labute approximate surface area is 198 Å². The first-order valence-corrected chi connectivity index (χ1v) is 12.8. The average molecular weight is 497 g/mol. The molecular weight excluding hydrogens is 471 g/mol. The van der Waals surface area contributed by atoms with Crippen molar-refractivity contribution < 1.29 is 13.2 Å². The molecule has 0 bridgehead atoms. The molecule has 1 N–H and O–H groups in total. The van der Waals surface area contributed by atoms with Gasteiger partial charge in [-0.25, -0.2) is 8.42 Å². The van der Waals surface area contributed by atoms with Gasteiger partial charge in [-0.3, -0.25) is 9.69 Å². The standard InChI is InChI=1S/C22H26Cl2N4O3S/c23-17-3-8-20(24)21(15-17)32(30,31)28-13-11-26(12-14-28)16-22(29)25-18-4-6-19(7-5-18)27-9-1-2-10-27/h3-8,15H,1-2,9-14,16H2,(H,25,29). The lowest BCUT2D eigenvalue weighted by Gasteiger charge is -2.33. The second-order valence-electron chi connectivity index (χ2n) is 8.04. The minimum absolute atomic E-state index is 0.00948. The SMILES string of the molecule is O=C(CN1CCN(S(=O)(=O)c2cc(Cl)ccc2Cl)CC1)Nc1ccc(N2CCCC2)cc1. The zero-order valence-electron chi connectivity index (χ0n) is 17.6. The topological polar surface area (TPSA) is 73.0 Å². The Balaban J connectivity index is 1.29. The van der Waals surface area contributed by atoms with Crippen molar-refractivity contribution in [2.75, 3.05) is 56.0 Å². The second kappa shape index (κ2) is 9.97. The first-order chi connectivity index (χ1) is 15.3. The molecule has 2 aromatic carbocycles. The van der Waals surface area contributed by atoms with Gasteiger partial charge in [-0.1, -0.05) is 23.2 Å². The molecule has 4 rings (SSSR count). The molecule has 0 unspecified atom stereocenters. The van der Waals surface area contributed by atoms with E-state index in [-0.39, 0.29) is 35.5 Å². The van der Waals surface area contributed by atoms with Crippen LogP contribution < -0.4 is 10.2 Å². The van der Waals surface area contributed by atoms with Gasteiger partial charge in [-0.15, -0.1) is 0 Å². The highest BCUT2D eigenvalue weighted by molar-refractivity contribution is 7.89. The van der Waals surface area contributed by atoms with E-state index in [4.69, 9.17) is 23.2 Å². The largest absolute Gasteiger partial charge is 0.372 e. The molecule has 0 saturated carbocycles. The average Bonchev–Trinajstić information content (AvgIpc) is 3.31. The van der Waals surface area contributed by atoms with E-state index in [2.05, 4.69) is 10.2 Å². The van der Waals surface area contributed by atoms with E-state index in [1.165, 1.54) is 35.0 Å². The van der Waals surface area contributed by atoms with Crippen molar-refractivity contribution in [3.63, 3.8) is 0 Å². The Hall–Kier alpha value is -1.84. The maximum absolute atomic E-state index is 12.9. The van der Waals surface area contributed by atoms with E-state index in [0.717, 1.165) is 18.8 Å². The molecule has 172 valence electrons. The van der Waals surface area contributed by atoms with Crippen molar-refractivity contribution in [1.29, 1.82) is 0 Å². The van der Waals surface area contributed by atoms with Crippen molar-refractivity contribution in [2.24, 2.45) is 0 Å². The fraction of sp³-hybridized carbons (Fsp3) is 0.409. The highest BCUT2D eigenvalue weighted by atomic mass is 35.5. The third-order valence-electron chi connectivity index (χ3n) is 5.83. The predicted octanol–water partition coefficient (Wildman–Crippen LogP) is 3.54. The Kier molecular flexibility index (Phi) is 7.27. The number of halogens is 2. The first kappa shape index (κ1) is 23.3. The minimum Gasteiger partial charge on any atom is -0.372 e. The summed E-state index contributed by atoms with van der Waals surface area (Å²) in [6.45, 7) is 3.84. The predicted molar refractivity (Wildman–Crippen MR) is 128 cm³/mol. The number of carbonyl (C=O) groups is 1. The summed E-state index contributed by atoms with van der Waals surface area (Å²) in [5, 5.41) is 3.39. The first-order valence-electron chi connectivity index (χ1n) is 10.7. The van der Waals surface area contributed by atoms with Gasteiger partial charge < -0.3 is 10.2 Å². The number of piperazine rings is 1. The summed E-state index contributed by atoms with van der Waals surface area (Å²) in [6.07, 6.45) is 2.44. The van der Waals surface area contributed by atoms with Crippen molar-refractivity contribution in [1.82, 2.24) is 9.21 Å². The molecule has 32 heavy (non-hydrogen) atoms. The van der Waals surface area contributed by atoms with Gasteiger partial charge in [0.1, 0.15) is 4.90 Å². The summed E-state index contributed by atoms with van der Waals surface area (Å²) < 4.78 is 27.3. The smallest absolute Gasteiger partial charge is 0.244 e. The Bertz CT molecular complexity index is 1070. The number of anilines is 2. The van der Waals surface area contributed by atoms with Crippen LogP contribution in [-0.2, 0) is 14.8 Å². The molecule has 1 amide bonds. The number of hydrogen-bond acceptors (Lipinski definition) is 5. The van der Waals surface area contributed by atoms with Crippen LogP contribution in [0.2, 0.25) is 10.0 Å². The van der Waals surface area contributed by atoms with E-state index in [0.29, 0.717) is 18.1 Å². The van der Waals surface area contributed by atoms with Crippen LogP contribution in [0.5, 0.6) is 0 Å². The molecule has 0 atom stereocenters. The van der Waals surface area contributed by atoms with Gasteiger partial charge in [-0.05, 0) is 55.3 Å². The van der Waals surface area contributed by atoms with Crippen LogP contribution in [0.15, 0.2) is 47.4 Å². The monoisotopic (exact) mass is 496 g/mol. The van der Waals surface area contributed by atoms with Gasteiger partial charge in [-0.2, -0.15) is 4.31 Å². The lowest BCUT2D eigenvalue weighted by atomic mass is 10.2. The zero-order valence-corrected chi connectivity index (χ0v) is 20.0. The van der Waals surface area contributed by atoms with Crippen LogP contribution in [0.3, 0.4) is 0 Å². The summed E-state index contributed by atoms with van der Waals surface area (Å²) in [7, 11) is -3.74. The summed E-state index contributed by atoms with van der Waals surface area (Å²) in [4.78, 5) is 16.8. The van der Waals surface area contributed by atoms with Crippen molar-refractivity contribution in [3.8, 4) is 0 Å². The van der Waals surface area contributed by atoms with Gasteiger partial charge in [0.2, 0.25) is 15.9 Å². The van der Waals surface area contributed by atoms with Crippen molar-refractivity contribution in [2.45, 2.75) is 17.7 Å². The third kappa shape index (κ3) is 5.38. The van der Waals surface area contributed by atoms with E-state index < -0.39 is 10.0 Å². The fourth-order valence-electron chi connectivity index (χ4n) is 4.08. The van der Waals surface area contributed by atoms with Crippen LogP contribution >= 0.6 is 23.2 Å². The lowest BCUT2D eigenvalue weighted by molar-refractivity contribution is -0.117. The third-order valence-corrected chi connectivity index (χ3v) is 8.45. The van der Waals surface area contributed by atoms with Crippen molar-refractivity contribution in [3.05, 3.63) is 52.5 Å². The molecule has 0 radical (unpaired) electrons. The number of rotatable bonds is 6. The van der Waals surface area contributed by atoms with E-state index in [9.17, 15) is 13.2 Å². The number of benzene rings is 2. The zero-order chi connectivity index (χ0) is 22.7. The van der Waals surface area contributed by atoms with Crippen molar-refractivity contribution >= 4 is 50.5 Å². The number of hydrogen-bond donors (Lipinski definition) is 1.